The molecule has 114 valence electrons. The second kappa shape index (κ2) is 6.96. The molecule has 0 saturated carbocycles. The molecule has 2 N–H and O–H groups in total. The third-order valence-corrected chi connectivity index (χ3v) is 3.87. The van der Waals surface area contributed by atoms with Gasteiger partial charge in [-0.05, 0) is 12.5 Å². The summed E-state index contributed by atoms with van der Waals surface area (Å²) >= 11 is 17.8. The standard InChI is InChI=1S/C14H10Cl3N3O2/c1-7(8-5-3-2-4-6-8)19-20-11-9(15)12(14(21)22)18-13(17)10(11)16/h2-6H,1H3,(H,18,20)(H,21,22)/b19-7-. The van der Waals surface area contributed by atoms with Gasteiger partial charge in [-0.25, -0.2) is 9.78 Å². The van der Waals surface area contributed by atoms with Crippen LogP contribution in [0.2, 0.25) is 15.2 Å². The highest BCUT2D eigenvalue weighted by molar-refractivity contribution is 6.46. The van der Waals surface area contributed by atoms with Crippen LogP contribution in [-0.4, -0.2) is 21.8 Å². The second-order valence-corrected chi connectivity index (χ2v) is 5.35. The number of nitrogens with one attached hydrogen (secondary N) is 1. The molecule has 0 spiro atoms. The molecule has 0 aliphatic heterocycles. The van der Waals surface area contributed by atoms with Crippen molar-refractivity contribution in [3.63, 3.8) is 0 Å². The molecule has 8 heteroatoms. The van der Waals surface area contributed by atoms with E-state index in [0.717, 1.165) is 5.56 Å². The van der Waals surface area contributed by atoms with Gasteiger partial charge < -0.3 is 5.11 Å². The van der Waals surface area contributed by atoms with Gasteiger partial charge >= 0.3 is 5.97 Å². The minimum absolute atomic E-state index is 0.00118. The molecule has 0 radical (unpaired) electrons. The number of rotatable bonds is 4. The molecule has 2 aromatic rings. The molecule has 1 aromatic heterocycles. The van der Waals surface area contributed by atoms with Crippen molar-refractivity contribution < 1.29 is 9.90 Å². The van der Waals surface area contributed by atoms with Crippen LogP contribution in [0.25, 0.3) is 0 Å². The topological polar surface area (TPSA) is 74.6 Å². The Balaban J connectivity index is 2.40. The molecular formula is C14H10Cl3N3O2. The maximum Gasteiger partial charge on any atom is 0.356 e. The zero-order valence-electron chi connectivity index (χ0n) is 11.3. The van der Waals surface area contributed by atoms with E-state index >= 15 is 0 Å². The Morgan fingerprint density at radius 3 is 2.41 bits per heavy atom. The average Bonchev–Trinajstić information content (AvgIpc) is 2.51. The summed E-state index contributed by atoms with van der Waals surface area (Å²) < 4.78 is 0. The Kier molecular flexibility index (Phi) is 5.24. The highest BCUT2D eigenvalue weighted by Gasteiger charge is 2.20. The van der Waals surface area contributed by atoms with E-state index in [2.05, 4.69) is 15.5 Å². The zero-order chi connectivity index (χ0) is 16.3. The van der Waals surface area contributed by atoms with E-state index in [1.54, 1.807) is 6.92 Å². The molecule has 0 aliphatic carbocycles. The maximum atomic E-state index is 11.1. The van der Waals surface area contributed by atoms with Crippen LogP contribution >= 0.6 is 34.8 Å². The first-order valence-electron chi connectivity index (χ1n) is 6.05. The van der Waals surface area contributed by atoms with Gasteiger partial charge in [0.25, 0.3) is 0 Å². The molecule has 0 fully saturated rings. The molecule has 0 bridgehead atoms. The zero-order valence-corrected chi connectivity index (χ0v) is 13.5. The van der Waals surface area contributed by atoms with Gasteiger partial charge in [0.2, 0.25) is 0 Å². The molecule has 1 aromatic carbocycles. The first kappa shape index (κ1) is 16.5. The summed E-state index contributed by atoms with van der Waals surface area (Å²) in [5.41, 5.74) is 3.90. The Hall–Kier alpha value is -1.82. The Morgan fingerprint density at radius 2 is 1.82 bits per heavy atom. The SMILES string of the molecule is C/C(=N/Nc1c(Cl)c(Cl)nc(C(=O)O)c1Cl)c1ccccc1. The van der Waals surface area contributed by atoms with E-state index in [-0.39, 0.29) is 20.9 Å². The van der Waals surface area contributed by atoms with Crippen molar-refractivity contribution in [2.24, 2.45) is 5.10 Å². The summed E-state index contributed by atoms with van der Waals surface area (Å²) in [5.74, 6) is -1.31. The van der Waals surface area contributed by atoms with Crippen LogP contribution in [0.3, 0.4) is 0 Å². The largest absolute Gasteiger partial charge is 0.476 e. The van der Waals surface area contributed by atoms with Gasteiger partial charge in [-0.1, -0.05) is 65.1 Å². The van der Waals surface area contributed by atoms with E-state index in [1.165, 1.54) is 0 Å². The lowest BCUT2D eigenvalue weighted by molar-refractivity contribution is 0.0691. The number of hydrogen-bond donors (Lipinski definition) is 2. The number of hydrogen-bond acceptors (Lipinski definition) is 4. The Labute approximate surface area is 141 Å². The third-order valence-electron chi connectivity index (χ3n) is 2.77. The summed E-state index contributed by atoms with van der Waals surface area (Å²) in [4.78, 5) is 14.7. The Morgan fingerprint density at radius 1 is 1.18 bits per heavy atom. The number of halogens is 3. The number of anilines is 1. The monoisotopic (exact) mass is 357 g/mol. The normalized spacial score (nSPS) is 11.4. The quantitative estimate of drug-likeness (QED) is 0.477. The lowest BCUT2D eigenvalue weighted by atomic mass is 10.1. The lowest BCUT2D eigenvalue weighted by Gasteiger charge is -2.10. The van der Waals surface area contributed by atoms with Crippen LogP contribution in [0.1, 0.15) is 23.0 Å². The molecule has 0 aliphatic rings. The van der Waals surface area contributed by atoms with Gasteiger partial charge in [-0.15, -0.1) is 0 Å². The molecule has 0 unspecified atom stereocenters. The van der Waals surface area contributed by atoms with Crippen molar-refractivity contribution in [3.05, 3.63) is 56.8 Å². The number of carboxylic acids is 1. The van der Waals surface area contributed by atoms with E-state index in [1.807, 2.05) is 30.3 Å². The molecule has 5 nitrogen and oxygen atoms in total. The van der Waals surface area contributed by atoms with E-state index < -0.39 is 11.7 Å². The molecule has 0 amide bonds. The van der Waals surface area contributed by atoms with Crippen LogP contribution < -0.4 is 5.43 Å². The van der Waals surface area contributed by atoms with Crippen LogP contribution in [-0.2, 0) is 0 Å². The minimum Gasteiger partial charge on any atom is -0.476 e. The first-order chi connectivity index (χ1) is 10.4. The van der Waals surface area contributed by atoms with Crippen molar-refractivity contribution in [2.75, 3.05) is 5.43 Å². The van der Waals surface area contributed by atoms with Gasteiger partial charge in [0, 0.05) is 0 Å². The fraction of sp³-hybridized carbons (Fsp3) is 0.0714. The number of aromatic carboxylic acids is 1. The number of aromatic nitrogens is 1. The summed E-state index contributed by atoms with van der Waals surface area (Å²) in [6.45, 7) is 1.78. The molecule has 0 atom stereocenters. The van der Waals surface area contributed by atoms with Gasteiger partial charge in [0.1, 0.15) is 10.0 Å². The number of carbonyl (C=O) groups is 1. The highest BCUT2D eigenvalue weighted by Crippen LogP contribution is 2.36. The van der Waals surface area contributed by atoms with Crippen LogP contribution in [0.15, 0.2) is 35.4 Å². The summed E-state index contributed by atoms with van der Waals surface area (Å²) in [6, 6.07) is 9.40. The predicted molar refractivity (Wildman–Crippen MR) is 88.5 cm³/mol. The first-order valence-corrected chi connectivity index (χ1v) is 7.18. The number of carboxylic acid groups (broad SMARTS) is 1. The summed E-state index contributed by atoms with van der Waals surface area (Å²) in [7, 11) is 0. The fourth-order valence-corrected chi connectivity index (χ4v) is 2.30. The number of hydrazone groups is 1. The molecule has 0 saturated heterocycles. The molecule has 22 heavy (non-hydrogen) atoms. The molecule has 2 rings (SSSR count). The smallest absolute Gasteiger partial charge is 0.356 e. The molecular weight excluding hydrogens is 349 g/mol. The van der Waals surface area contributed by atoms with Gasteiger partial charge in [0.15, 0.2) is 10.8 Å². The Bertz CT molecular complexity index is 749. The van der Waals surface area contributed by atoms with E-state index in [9.17, 15) is 4.79 Å². The van der Waals surface area contributed by atoms with Crippen molar-refractivity contribution in [2.45, 2.75) is 6.92 Å². The molecule has 1 heterocycles. The van der Waals surface area contributed by atoms with Crippen LogP contribution in [0.4, 0.5) is 5.69 Å². The summed E-state index contributed by atoms with van der Waals surface area (Å²) in [6.07, 6.45) is 0. The third kappa shape index (κ3) is 3.50. The van der Waals surface area contributed by atoms with Crippen molar-refractivity contribution in [3.8, 4) is 0 Å². The van der Waals surface area contributed by atoms with Gasteiger partial charge in [-0.2, -0.15) is 5.10 Å². The highest BCUT2D eigenvalue weighted by atomic mass is 35.5. The average molecular weight is 359 g/mol. The minimum atomic E-state index is -1.31. The number of pyridine rings is 1. The maximum absolute atomic E-state index is 11.1. The van der Waals surface area contributed by atoms with Crippen molar-refractivity contribution in [1.82, 2.24) is 4.98 Å². The predicted octanol–water partition coefficient (Wildman–Crippen LogP) is 4.58. The van der Waals surface area contributed by atoms with E-state index in [4.69, 9.17) is 39.9 Å². The second-order valence-electron chi connectivity index (χ2n) is 4.23. The van der Waals surface area contributed by atoms with Crippen molar-refractivity contribution in [1.29, 1.82) is 0 Å². The van der Waals surface area contributed by atoms with Crippen molar-refractivity contribution >= 4 is 52.2 Å². The number of nitrogens with zero attached hydrogens (tertiary/aromatic N) is 2. The van der Waals surface area contributed by atoms with Gasteiger partial charge in [-0.3, -0.25) is 5.43 Å². The van der Waals surface area contributed by atoms with Crippen LogP contribution in [0.5, 0.6) is 0 Å². The number of benzene rings is 1. The van der Waals surface area contributed by atoms with E-state index in [0.29, 0.717) is 5.71 Å². The lowest BCUT2D eigenvalue weighted by Crippen LogP contribution is -2.06. The van der Waals surface area contributed by atoms with Gasteiger partial charge in [0.05, 0.1) is 11.4 Å². The van der Waals surface area contributed by atoms with Crippen LogP contribution in [0, 0.1) is 0 Å². The summed E-state index contributed by atoms with van der Waals surface area (Å²) in [5, 5.41) is 12.9. The fourth-order valence-electron chi connectivity index (χ4n) is 1.64.